The highest BCUT2D eigenvalue weighted by atomic mass is 19.1. The van der Waals surface area contributed by atoms with Crippen LogP contribution in [0, 0.1) is 0 Å². The summed E-state index contributed by atoms with van der Waals surface area (Å²) in [6.07, 6.45) is 0. The third-order valence-electron chi connectivity index (χ3n) is 1.99. The van der Waals surface area contributed by atoms with Gasteiger partial charge in [0.15, 0.2) is 0 Å². The van der Waals surface area contributed by atoms with E-state index in [0.29, 0.717) is 0 Å². The van der Waals surface area contributed by atoms with Crippen LogP contribution < -0.4 is 0 Å². The normalized spacial score (nSPS) is 9.69. The monoisotopic (exact) mass is 226 g/mol. The number of alkyl halides is 1. The SMILES string of the molecule is COC(=O)c1cc(CF)cc(C(=O)OC)c1. The van der Waals surface area contributed by atoms with Crippen molar-refractivity contribution in [2.75, 3.05) is 14.2 Å². The second kappa shape index (κ2) is 5.25. The first kappa shape index (κ1) is 12.2. The minimum Gasteiger partial charge on any atom is -0.465 e. The van der Waals surface area contributed by atoms with Gasteiger partial charge in [-0.05, 0) is 23.8 Å². The molecule has 1 aromatic carbocycles. The van der Waals surface area contributed by atoms with E-state index in [1.54, 1.807) is 0 Å². The summed E-state index contributed by atoms with van der Waals surface area (Å²) in [5, 5.41) is 0. The topological polar surface area (TPSA) is 52.6 Å². The van der Waals surface area contributed by atoms with E-state index in [4.69, 9.17) is 0 Å². The first-order valence-electron chi connectivity index (χ1n) is 4.49. The molecule has 5 heteroatoms. The van der Waals surface area contributed by atoms with Gasteiger partial charge in [0.2, 0.25) is 0 Å². The predicted molar refractivity (Wildman–Crippen MR) is 53.9 cm³/mol. The fourth-order valence-corrected chi connectivity index (χ4v) is 1.24. The van der Waals surface area contributed by atoms with E-state index < -0.39 is 18.6 Å². The Balaban J connectivity index is 3.20. The van der Waals surface area contributed by atoms with E-state index in [-0.39, 0.29) is 16.7 Å². The number of carbonyl (C=O) groups excluding carboxylic acids is 2. The van der Waals surface area contributed by atoms with Crippen LogP contribution >= 0.6 is 0 Å². The molecule has 0 atom stereocenters. The maximum atomic E-state index is 12.5. The summed E-state index contributed by atoms with van der Waals surface area (Å²) in [5.41, 5.74) is 0.472. The number of rotatable bonds is 3. The first-order valence-corrected chi connectivity index (χ1v) is 4.49. The molecular weight excluding hydrogens is 215 g/mol. The van der Waals surface area contributed by atoms with E-state index in [2.05, 4.69) is 9.47 Å². The number of esters is 2. The van der Waals surface area contributed by atoms with Crippen LogP contribution in [0.2, 0.25) is 0 Å². The molecule has 0 unspecified atom stereocenters. The van der Waals surface area contributed by atoms with Crippen LogP contribution in [0.4, 0.5) is 4.39 Å². The first-order chi connectivity index (χ1) is 7.62. The second-order valence-electron chi connectivity index (χ2n) is 3.04. The highest BCUT2D eigenvalue weighted by Gasteiger charge is 2.13. The maximum Gasteiger partial charge on any atom is 0.337 e. The molecule has 0 aliphatic rings. The number of hydrogen-bond acceptors (Lipinski definition) is 4. The average molecular weight is 226 g/mol. The molecule has 0 spiro atoms. The van der Waals surface area contributed by atoms with Gasteiger partial charge in [0.25, 0.3) is 0 Å². The van der Waals surface area contributed by atoms with Crippen molar-refractivity contribution in [3.63, 3.8) is 0 Å². The third kappa shape index (κ3) is 2.56. The summed E-state index contributed by atoms with van der Waals surface area (Å²) in [6.45, 7) is -0.769. The number of hydrogen-bond donors (Lipinski definition) is 0. The molecule has 16 heavy (non-hydrogen) atoms. The Morgan fingerprint density at radius 3 is 1.81 bits per heavy atom. The molecule has 0 aromatic heterocycles. The zero-order chi connectivity index (χ0) is 12.1. The summed E-state index contributed by atoms with van der Waals surface area (Å²) < 4.78 is 21.5. The quantitative estimate of drug-likeness (QED) is 0.736. The van der Waals surface area contributed by atoms with E-state index in [1.165, 1.54) is 32.4 Å². The molecule has 4 nitrogen and oxygen atoms in total. The van der Waals surface area contributed by atoms with Gasteiger partial charge in [0.05, 0.1) is 25.3 Å². The van der Waals surface area contributed by atoms with Crippen LogP contribution in [-0.2, 0) is 16.1 Å². The van der Waals surface area contributed by atoms with Crippen LogP contribution in [0.5, 0.6) is 0 Å². The molecule has 0 bridgehead atoms. The fourth-order valence-electron chi connectivity index (χ4n) is 1.24. The van der Waals surface area contributed by atoms with Gasteiger partial charge in [-0.25, -0.2) is 14.0 Å². The van der Waals surface area contributed by atoms with Crippen LogP contribution in [0.1, 0.15) is 26.3 Å². The molecule has 0 radical (unpaired) electrons. The Labute approximate surface area is 92.0 Å². The molecule has 0 saturated heterocycles. The van der Waals surface area contributed by atoms with Crippen LogP contribution in [0.25, 0.3) is 0 Å². The minimum absolute atomic E-state index is 0.123. The second-order valence-corrected chi connectivity index (χ2v) is 3.04. The lowest BCUT2D eigenvalue weighted by molar-refractivity contribution is 0.0599. The molecule has 0 amide bonds. The Hall–Kier alpha value is -1.91. The fraction of sp³-hybridized carbons (Fsp3) is 0.273. The number of ether oxygens (including phenoxy) is 2. The zero-order valence-corrected chi connectivity index (χ0v) is 8.95. The van der Waals surface area contributed by atoms with Crippen molar-refractivity contribution >= 4 is 11.9 Å². The minimum atomic E-state index is -0.769. The molecule has 1 aromatic rings. The van der Waals surface area contributed by atoms with Gasteiger partial charge in [0, 0.05) is 0 Å². The van der Waals surface area contributed by atoms with Crippen molar-refractivity contribution in [1.82, 2.24) is 0 Å². The third-order valence-corrected chi connectivity index (χ3v) is 1.99. The Morgan fingerprint density at radius 2 is 1.50 bits per heavy atom. The number of methoxy groups -OCH3 is 2. The Kier molecular flexibility index (Phi) is 3.99. The van der Waals surface area contributed by atoms with Crippen LogP contribution in [-0.4, -0.2) is 26.2 Å². The molecule has 0 N–H and O–H groups in total. The van der Waals surface area contributed by atoms with Crippen molar-refractivity contribution in [3.8, 4) is 0 Å². The smallest absolute Gasteiger partial charge is 0.337 e. The summed E-state index contributed by atoms with van der Waals surface area (Å²) in [5.74, 6) is -1.25. The summed E-state index contributed by atoms with van der Waals surface area (Å²) in [4.78, 5) is 22.5. The van der Waals surface area contributed by atoms with Gasteiger partial charge in [-0.3, -0.25) is 0 Å². The number of halogens is 1. The Bertz CT molecular complexity index is 380. The number of carbonyl (C=O) groups is 2. The average Bonchev–Trinajstić information content (AvgIpc) is 2.35. The van der Waals surface area contributed by atoms with Gasteiger partial charge in [0.1, 0.15) is 6.67 Å². The molecule has 0 fully saturated rings. The molecule has 1 rings (SSSR count). The largest absolute Gasteiger partial charge is 0.465 e. The maximum absolute atomic E-state index is 12.5. The van der Waals surface area contributed by atoms with Crippen LogP contribution in [0.15, 0.2) is 18.2 Å². The lowest BCUT2D eigenvalue weighted by Crippen LogP contribution is -2.07. The van der Waals surface area contributed by atoms with Crippen molar-refractivity contribution in [1.29, 1.82) is 0 Å². The van der Waals surface area contributed by atoms with Crippen molar-refractivity contribution < 1.29 is 23.5 Å². The van der Waals surface area contributed by atoms with E-state index >= 15 is 0 Å². The van der Waals surface area contributed by atoms with Gasteiger partial charge < -0.3 is 9.47 Å². The summed E-state index contributed by atoms with van der Waals surface area (Å²) >= 11 is 0. The molecule has 0 heterocycles. The van der Waals surface area contributed by atoms with Gasteiger partial charge in [-0.15, -0.1) is 0 Å². The molecule has 0 aliphatic heterocycles. The van der Waals surface area contributed by atoms with E-state index in [9.17, 15) is 14.0 Å². The molecular formula is C11H11FO4. The highest BCUT2D eigenvalue weighted by Crippen LogP contribution is 2.13. The van der Waals surface area contributed by atoms with Crippen molar-refractivity contribution in [3.05, 3.63) is 34.9 Å². The highest BCUT2D eigenvalue weighted by molar-refractivity contribution is 5.95. The van der Waals surface area contributed by atoms with Gasteiger partial charge in [-0.1, -0.05) is 0 Å². The van der Waals surface area contributed by atoms with Gasteiger partial charge >= 0.3 is 11.9 Å². The standard InChI is InChI=1S/C11H11FO4/c1-15-10(13)8-3-7(6-12)4-9(5-8)11(14)16-2/h3-5H,6H2,1-2H3. The predicted octanol–water partition coefficient (Wildman–Crippen LogP) is 1.73. The molecule has 0 aliphatic carbocycles. The van der Waals surface area contributed by atoms with E-state index in [0.717, 1.165) is 0 Å². The Morgan fingerprint density at radius 1 is 1.06 bits per heavy atom. The summed E-state index contributed by atoms with van der Waals surface area (Å²) in [7, 11) is 2.42. The lowest BCUT2D eigenvalue weighted by Gasteiger charge is -2.05. The zero-order valence-electron chi connectivity index (χ0n) is 8.95. The van der Waals surface area contributed by atoms with Crippen molar-refractivity contribution in [2.24, 2.45) is 0 Å². The van der Waals surface area contributed by atoms with Crippen molar-refractivity contribution in [2.45, 2.75) is 6.67 Å². The van der Waals surface area contributed by atoms with Gasteiger partial charge in [-0.2, -0.15) is 0 Å². The van der Waals surface area contributed by atoms with E-state index in [1.807, 2.05) is 0 Å². The lowest BCUT2D eigenvalue weighted by atomic mass is 10.1. The number of benzene rings is 1. The molecule has 0 saturated carbocycles. The summed E-state index contributed by atoms with van der Waals surface area (Å²) in [6, 6.07) is 3.97. The van der Waals surface area contributed by atoms with Crippen LogP contribution in [0.3, 0.4) is 0 Å². The molecule has 86 valence electrons.